The molecule has 0 fully saturated rings. The first-order valence-corrected chi connectivity index (χ1v) is 7.84. The Hall–Kier alpha value is -3.35. The van der Waals surface area contributed by atoms with Crippen LogP contribution in [-0.4, -0.2) is 36.1 Å². The lowest BCUT2D eigenvalue weighted by Crippen LogP contribution is -2.42. The fourth-order valence-electron chi connectivity index (χ4n) is 2.34. The van der Waals surface area contributed by atoms with E-state index in [1.807, 2.05) is 0 Å². The van der Waals surface area contributed by atoms with E-state index in [1.165, 1.54) is 32.2 Å². The van der Waals surface area contributed by atoms with E-state index in [-0.39, 0.29) is 17.7 Å². The molecule has 0 saturated heterocycles. The monoisotopic (exact) mass is 357 g/mol. The van der Waals surface area contributed by atoms with Gasteiger partial charge in [-0.15, -0.1) is 0 Å². The largest absolute Gasteiger partial charge is 0.497 e. The second kappa shape index (κ2) is 8.66. The molecule has 0 radical (unpaired) electrons. The molecule has 2 N–H and O–H groups in total. The van der Waals surface area contributed by atoms with Crippen molar-refractivity contribution in [3.63, 3.8) is 0 Å². The Kier molecular flexibility index (Phi) is 6.32. The molecule has 2 aromatic carbocycles. The maximum absolute atomic E-state index is 12.4. The summed E-state index contributed by atoms with van der Waals surface area (Å²) in [6, 6.07) is 11.8. The number of carboxylic acid groups (broad SMARTS) is 1. The third kappa shape index (κ3) is 5.34. The van der Waals surface area contributed by atoms with Crippen molar-refractivity contribution in [3.05, 3.63) is 59.7 Å². The molecule has 7 nitrogen and oxygen atoms in total. The molecule has 0 aliphatic carbocycles. The van der Waals surface area contributed by atoms with Crippen LogP contribution in [0.4, 0.5) is 0 Å². The highest BCUT2D eigenvalue weighted by Crippen LogP contribution is 2.16. The molecule has 7 heteroatoms. The SMILES string of the molecule is COc1cccc(C[C@H](NC(=O)c2cccc(OC(C)=O)c2)C(=O)O)c1. The summed E-state index contributed by atoms with van der Waals surface area (Å²) in [6.45, 7) is 1.25. The van der Waals surface area contributed by atoms with Crippen molar-refractivity contribution in [1.82, 2.24) is 5.32 Å². The normalized spacial score (nSPS) is 11.3. The van der Waals surface area contributed by atoms with Gasteiger partial charge in [-0.05, 0) is 35.9 Å². The highest BCUT2D eigenvalue weighted by molar-refractivity contribution is 5.97. The van der Waals surface area contributed by atoms with Crippen LogP contribution in [0.25, 0.3) is 0 Å². The summed E-state index contributed by atoms with van der Waals surface area (Å²) in [7, 11) is 1.52. The predicted octanol–water partition coefficient (Wildman–Crippen LogP) is 2.05. The second-order valence-electron chi connectivity index (χ2n) is 5.54. The lowest BCUT2D eigenvalue weighted by molar-refractivity contribution is -0.139. The number of rotatable bonds is 7. The molecule has 0 aliphatic heterocycles. The number of benzene rings is 2. The van der Waals surface area contributed by atoms with Gasteiger partial charge in [0.1, 0.15) is 17.5 Å². The first kappa shape index (κ1) is 19.0. The van der Waals surface area contributed by atoms with Gasteiger partial charge in [-0.1, -0.05) is 18.2 Å². The summed E-state index contributed by atoms with van der Waals surface area (Å²) in [5, 5.41) is 11.9. The Morgan fingerprint density at radius 1 is 1.08 bits per heavy atom. The average Bonchev–Trinajstić information content (AvgIpc) is 2.60. The number of carbonyl (C=O) groups is 3. The molecular formula is C19H19NO6. The van der Waals surface area contributed by atoms with Crippen molar-refractivity contribution in [2.75, 3.05) is 7.11 Å². The van der Waals surface area contributed by atoms with Gasteiger partial charge in [0, 0.05) is 18.9 Å². The summed E-state index contributed by atoms with van der Waals surface area (Å²) in [6.07, 6.45) is 0.0991. The molecule has 0 aromatic heterocycles. The number of ether oxygens (including phenoxy) is 2. The molecule has 26 heavy (non-hydrogen) atoms. The predicted molar refractivity (Wildman–Crippen MR) is 93.3 cm³/mol. The van der Waals surface area contributed by atoms with Crippen LogP contribution in [0.15, 0.2) is 48.5 Å². The lowest BCUT2D eigenvalue weighted by Gasteiger charge is -2.15. The number of methoxy groups -OCH3 is 1. The van der Waals surface area contributed by atoms with Crippen molar-refractivity contribution < 1.29 is 29.0 Å². The standard InChI is InChI=1S/C19H19NO6/c1-12(21)26-16-8-4-6-14(11-16)18(22)20-17(19(23)24)10-13-5-3-7-15(9-13)25-2/h3-9,11,17H,10H2,1-2H3,(H,20,22)(H,23,24)/t17-/m0/s1. The van der Waals surface area contributed by atoms with Crippen LogP contribution in [0.1, 0.15) is 22.8 Å². The van der Waals surface area contributed by atoms with Crippen LogP contribution in [0.3, 0.4) is 0 Å². The van der Waals surface area contributed by atoms with Crippen molar-refractivity contribution in [3.8, 4) is 11.5 Å². The highest BCUT2D eigenvalue weighted by atomic mass is 16.5. The van der Waals surface area contributed by atoms with E-state index in [9.17, 15) is 19.5 Å². The number of hydrogen-bond acceptors (Lipinski definition) is 5. The number of carboxylic acids is 1. The molecule has 1 atom stereocenters. The summed E-state index contributed by atoms with van der Waals surface area (Å²) in [5.41, 5.74) is 0.909. The highest BCUT2D eigenvalue weighted by Gasteiger charge is 2.21. The molecule has 0 heterocycles. The fraction of sp³-hybridized carbons (Fsp3) is 0.211. The maximum Gasteiger partial charge on any atom is 0.326 e. The van der Waals surface area contributed by atoms with Gasteiger partial charge in [0.25, 0.3) is 5.91 Å². The van der Waals surface area contributed by atoms with Gasteiger partial charge < -0.3 is 19.9 Å². The third-order valence-electron chi connectivity index (χ3n) is 3.54. The maximum atomic E-state index is 12.4. The minimum Gasteiger partial charge on any atom is -0.497 e. The zero-order chi connectivity index (χ0) is 19.1. The number of nitrogens with one attached hydrogen (secondary N) is 1. The molecule has 1 amide bonds. The van der Waals surface area contributed by atoms with E-state index in [1.54, 1.807) is 30.3 Å². The Morgan fingerprint density at radius 2 is 1.77 bits per heavy atom. The molecule has 0 saturated carbocycles. The molecule has 0 spiro atoms. The number of carbonyl (C=O) groups excluding carboxylic acids is 2. The summed E-state index contributed by atoms with van der Waals surface area (Å²) in [5.74, 6) is -1.42. The van der Waals surface area contributed by atoms with Crippen molar-refractivity contribution >= 4 is 17.8 Å². The topological polar surface area (TPSA) is 102 Å². The van der Waals surface area contributed by atoms with E-state index in [0.717, 1.165) is 0 Å². The van der Waals surface area contributed by atoms with E-state index in [4.69, 9.17) is 9.47 Å². The van der Waals surface area contributed by atoms with Crippen LogP contribution in [0.5, 0.6) is 11.5 Å². The minimum atomic E-state index is -1.16. The van der Waals surface area contributed by atoms with Gasteiger partial charge in [0.2, 0.25) is 0 Å². The van der Waals surface area contributed by atoms with E-state index in [0.29, 0.717) is 11.3 Å². The summed E-state index contributed by atoms with van der Waals surface area (Å²) in [4.78, 5) is 34.9. The van der Waals surface area contributed by atoms with E-state index >= 15 is 0 Å². The van der Waals surface area contributed by atoms with Crippen LogP contribution in [0, 0.1) is 0 Å². The first-order valence-electron chi connectivity index (χ1n) is 7.84. The van der Waals surface area contributed by atoms with Crippen LogP contribution < -0.4 is 14.8 Å². The van der Waals surface area contributed by atoms with Crippen LogP contribution >= 0.6 is 0 Å². The van der Waals surface area contributed by atoms with Gasteiger partial charge in [-0.25, -0.2) is 4.79 Å². The zero-order valence-corrected chi connectivity index (χ0v) is 14.4. The van der Waals surface area contributed by atoms with Crippen molar-refractivity contribution in [2.24, 2.45) is 0 Å². The van der Waals surface area contributed by atoms with Crippen molar-refractivity contribution in [1.29, 1.82) is 0 Å². The summed E-state index contributed by atoms with van der Waals surface area (Å²) < 4.78 is 10.0. The number of aliphatic carboxylic acids is 1. The van der Waals surface area contributed by atoms with Gasteiger partial charge >= 0.3 is 11.9 Å². The summed E-state index contributed by atoms with van der Waals surface area (Å²) >= 11 is 0. The first-order chi connectivity index (χ1) is 12.4. The average molecular weight is 357 g/mol. The molecule has 136 valence electrons. The molecular weight excluding hydrogens is 338 g/mol. The third-order valence-corrected chi connectivity index (χ3v) is 3.54. The lowest BCUT2D eigenvalue weighted by atomic mass is 10.0. The zero-order valence-electron chi connectivity index (χ0n) is 14.4. The molecule has 0 aliphatic rings. The molecule has 0 unspecified atom stereocenters. The van der Waals surface area contributed by atoms with Gasteiger partial charge in [0.05, 0.1) is 7.11 Å². The number of esters is 1. The second-order valence-corrected chi connectivity index (χ2v) is 5.54. The Labute approximate surface area is 150 Å². The quantitative estimate of drug-likeness (QED) is 0.581. The van der Waals surface area contributed by atoms with Crippen molar-refractivity contribution in [2.45, 2.75) is 19.4 Å². The number of hydrogen-bond donors (Lipinski definition) is 2. The van der Waals surface area contributed by atoms with E-state index < -0.39 is 23.9 Å². The smallest absolute Gasteiger partial charge is 0.326 e. The Balaban J connectivity index is 2.12. The Morgan fingerprint density at radius 3 is 2.42 bits per heavy atom. The van der Waals surface area contributed by atoms with Gasteiger partial charge in [-0.2, -0.15) is 0 Å². The van der Waals surface area contributed by atoms with Gasteiger partial charge in [-0.3, -0.25) is 9.59 Å². The molecule has 2 rings (SSSR count). The molecule has 2 aromatic rings. The van der Waals surface area contributed by atoms with Gasteiger partial charge in [0.15, 0.2) is 0 Å². The van der Waals surface area contributed by atoms with Crippen LogP contribution in [-0.2, 0) is 16.0 Å². The van der Waals surface area contributed by atoms with Crippen LogP contribution in [0.2, 0.25) is 0 Å². The fourth-order valence-corrected chi connectivity index (χ4v) is 2.34. The van der Waals surface area contributed by atoms with E-state index in [2.05, 4.69) is 5.32 Å². The minimum absolute atomic E-state index is 0.0991. The number of amides is 1. The molecule has 0 bridgehead atoms. The Bertz CT molecular complexity index is 817.